The number of nitrogens with two attached hydrogens (primary N) is 1. The Bertz CT molecular complexity index is 1340. The largest absolute Gasteiger partial charge is 0.489 e. The third-order valence-corrected chi connectivity index (χ3v) is 5.64. The summed E-state index contributed by atoms with van der Waals surface area (Å²) >= 11 is 6.08. The molecule has 0 radical (unpaired) electrons. The van der Waals surface area contributed by atoms with Gasteiger partial charge < -0.3 is 15.0 Å². The van der Waals surface area contributed by atoms with Gasteiger partial charge in [0.2, 0.25) is 0 Å². The standard InChI is InChI=1S/C27H22ClN3O/c28-22-10-6-19(7-11-22)17-31-26-15-14-24(32-18-20-4-2-1-3-5-20)16-25(26)30-27(31)21-8-12-23(29)13-9-21/h1-16H,17-18,29H2. The maximum atomic E-state index is 6.08. The zero-order valence-corrected chi connectivity index (χ0v) is 18.2. The molecule has 0 saturated carbocycles. The van der Waals surface area contributed by atoms with Gasteiger partial charge in [-0.2, -0.15) is 0 Å². The molecule has 5 heteroatoms. The second-order valence-corrected chi connectivity index (χ2v) is 8.13. The minimum Gasteiger partial charge on any atom is -0.489 e. The van der Waals surface area contributed by atoms with Gasteiger partial charge in [0.1, 0.15) is 18.2 Å². The SMILES string of the molecule is Nc1ccc(-c2nc3cc(OCc4ccccc4)ccc3n2Cc2ccc(Cl)cc2)cc1. The Morgan fingerprint density at radius 3 is 2.31 bits per heavy atom. The van der Waals surface area contributed by atoms with Crippen LogP contribution in [0.25, 0.3) is 22.4 Å². The van der Waals surface area contributed by atoms with Crippen LogP contribution in [0.5, 0.6) is 5.75 Å². The van der Waals surface area contributed by atoms with E-state index in [9.17, 15) is 0 Å². The van der Waals surface area contributed by atoms with Crippen LogP contribution in [0.2, 0.25) is 5.02 Å². The van der Waals surface area contributed by atoms with E-state index in [0.29, 0.717) is 13.2 Å². The van der Waals surface area contributed by atoms with Crippen molar-refractivity contribution in [2.45, 2.75) is 13.2 Å². The topological polar surface area (TPSA) is 53.1 Å². The van der Waals surface area contributed by atoms with Crippen LogP contribution in [0.4, 0.5) is 5.69 Å². The highest BCUT2D eigenvalue weighted by atomic mass is 35.5. The van der Waals surface area contributed by atoms with E-state index < -0.39 is 0 Å². The van der Waals surface area contributed by atoms with Gasteiger partial charge in [-0.1, -0.05) is 54.1 Å². The average Bonchev–Trinajstić information content (AvgIpc) is 3.18. The van der Waals surface area contributed by atoms with Gasteiger partial charge >= 0.3 is 0 Å². The van der Waals surface area contributed by atoms with Crippen LogP contribution in [-0.4, -0.2) is 9.55 Å². The number of halogens is 1. The van der Waals surface area contributed by atoms with Crippen molar-refractivity contribution in [2.75, 3.05) is 5.73 Å². The Labute approximate surface area is 191 Å². The highest BCUT2D eigenvalue weighted by molar-refractivity contribution is 6.30. The summed E-state index contributed by atoms with van der Waals surface area (Å²) in [4.78, 5) is 4.96. The van der Waals surface area contributed by atoms with Crippen LogP contribution in [-0.2, 0) is 13.2 Å². The maximum absolute atomic E-state index is 6.08. The first-order valence-corrected chi connectivity index (χ1v) is 10.8. The lowest BCUT2D eigenvalue weighted by Gasteiger charge is -2.11. The summed E-state index contributed by atoms with van der Waals surface area (Å²) in [6.45, 7) is 1.19. The van der Waals surface area contributed by atoms with Gasteiger partial charge in [-0.05, 0) is 59.7 Å². The van der Waals surface area contributed by atoms with Crippen molar-refractivity contribution in [1.82, 2.24) is 9.55 Å². The smallest absolute Gasteiger partial charge is 0.141 e. The van der Waals surface area contributed by atoms with Gasteiger partial charge in [0.15, 0.2) is 0 Å². The molecular formula is C27H22ClN3O. The summed E-state index contributed by atoms with van der Waals surface area (Å²) in [5.41, 5.74) is 11.8. The van der Waals surface area contributed by atoms with Crippen molar-refractivity contribution in [1.29, 1.82) is 0 Å². The second kappa shape index (κ2) is 8.77. The van der Waals surface area contributed by atoms with E-state index in [1.165, 1.54) is 0 Å². The number of imidazole rings is 1. The van der Waals surface area contributed by atoms with Gasteiger partial charge in [-0.3, -0.25) is 0 Å². The molecule has 1 heterocycles. The van der Waals surface area contributed by atoms with E-state index in [1.54, 1.807) is 0 Å². The monoisotopic (exact) mass is 439 g/mol. The number of aromatic nitrogens is 2. The number of hydrogen-bond donors (Lipinski definition) is 1. The number of nitrogen functional groups attached to an aromatic ring is 1. The van der Waals surface area contributed by atoms with Crippen LogP contribution in [0.15, 0.2) is 97.1 Å². The van der Waals surface area contributed by atoms with E-state index >= 15 is 0 Å². The number of benzene rings is 4. The van der Waals surface area contributed by atoms with Crippen LogP contribution >= 0.6 is 11.6 Å². The fourth-order valence-corrected chi connectivity index (χ4v) is 3.85. The van der Waals surface area contributed by atoms with E-state index in [1.807, 2.05) is 78.9 Å². The molecule has 0 aliphatic heterocycles. The molecule has 4 aromatic carbocycles. The summed E-state index contributed by atoms with van der Waals surface area (Å²) in [6.07, 6.45) is 0. The quantitative estimate of drug-likeness (QED) is 0.304. The molecule has 158 valence electrons. The summed E-state index contributed by atoms with van der Waals surface area (Å²) in [6, 6.07) is 31.9. The Morgan fingerprint density at radius 1 is 0.812 bits per heavy atom. The fraction of sp³-hybridized carbons (Fsp3) is 0.0741. The third-order valence-electron chi connectivity index (χ3n) is 5.39. The molecule has 0 bridgehead atoms. The molecule has 0 spiro atoms. The van der Waals surface area contributed by atoms with E-state index in [0.717, 1.165) is 50.0 Å². The Balaban J connectivity index is 1.53. The van der Waals surface area contributed by atoms with Gasteiger partial charge in [0.05, 0.1) is 11.0 Å². The molecule has 0 atom stereocenters. The summed E-state index contributed by atoms with van der Waals surface area (Å²) in [5.74, 6) is 1.68. The molecule has 32 heavy (non-hydrogen) atoms. The normalized spacial score (nSPS) is 11.0. The summed E-state index contributed by atoms with van der Waals surface area (Å²) < 4.78 is 8.24. The molecular weight excluding hydrogens is 418 g/mol. The van der Waals surface area contributed by atoms with Crippen molar-refractivity contribution >= 4 is 28.3 Å². The Hall–Kier alpha value is -3.76. The minimum atomic E-state index is 0.517. The van der Waals surface area contributed by atoms with E-state index in [-0.39, 0.29) is 0 Å². The Kier molecular flexibility index (Phi) is 5.53. The zero-order chi connectivity index (χ0) is 21.9. The number of anilines is 1. The van der Waals surface area contributed by atoms with Crippen molar-refractivity contribution in [3.8, 4) is 17.1 Å². The molecule has 0 aliphatic rings. The maximum Gasteiger partial charge on any atom is 0.141 e. The molecule has 0 aliphatic carbocycles. The highest BCUT2D eigenvalue weighted by Gasteiger charge is 2.14. The third kappa shape index (κ3) is 4.32. The first-order chi connectivity index (χ1) is 15.7. The van der Waals surface area contributed by atoms with Crippen LogP contribution in [0.1, 0.15) is 11.1 Å². The Morgan fingerprint density at radius 2 is 1.56 bits per heavy atom. The molecule has 0 saturated heterocycles. The lowest BCUT2D eigenvalue weighted by molar-refractivity contribution is 0.306. The number of hydrogen-bond acceptors (Lipinski definition) is 3. The van der Waals surface area contributed by atoms with Crippen molar-refractivity contribution in [3.63, 3.8) is 0 Å². The lowest BCUT2D eigenvalue weighted by Crippen LogP contribution is -2.02. The minimum absolute atomic E-state index is 0.517. The molecule has 5 rings (SSSR count). The summed E-state index contributed by atoms with van der Waals surface area (Å²) in [7, 11) is 0. The predicted octanol–water partition coefficient (Wildman–Crippen LogP) is 6.57. The van der Waals surface area contributed by atoms with Gasteiger partial charge in [-0.25, -0.2) is 4.98 Å². The van der Waals surface area contributed by atoms with Crippen LogP contribution < -0.4 is 10.5 Å². The van der Waals surface area contributed by atoms with E-state index in [2.05, 4.69) is 22.8 Å². The first kappa shape index (κ1) is 20.2. The number of rotatable bonds is 6. The van der Waals surface area contributed by atoms with Crippen molar-refractivity contribution in [2.24, 2.45) is 0 Å². The second-order valence-electron chi connectivity index (χ2n) is 7.69. The average molecular weight is 440 g/mol. The molecule has 4 nitrogen and oxygen atoms in total. The highest BCUT2D eigenvalue weighted by Crippen LogP contribution is 2.29. The molecule has 5 aromatic rings. The van der Waals surface area contributed by atoms with Crippen LogP contribution in [0, 0.1) is 0 Å². The van der Waals surface area contributed by atoms with Gasteiger partial charge in [0.25, 0.3) is 0 Å². The molecule has 0 fully saturated rings. The molecule has 0 unspecified atom stereocenters. The fourth-order valence-electron chi connectivity index (χ4n) is 3.73. The van der Waals surface area contributed by atoms with Crippen molar-refractivity contribution < 1.29 is 4.74 Å². The lowest BCUT2D eigenvalue weighted by atomic mass is 10.2. The number of fused-ring (bicyclic) bond motifs is 1. The van der Waals surface area contributed by atoms with Gasteiger partial charge in [-0.15, -0.1) is 0 Å². The first-order valence-electron chi connectivity index (χ1n) is 10.4. The van der Waals surface area contributed by atoms with Crippen molar-refractivity contribution in [3.05, 3.63) is 113 Å². The van der Waals surface area contributed by atoms with Crippen LogP contribution in [0.3, 0.4) is 0 Å². The number of ether oxygens (including phenoxy) is 1. The molecule has 2 N–H and O–H groups in total. The zero-order valence-electron chi connectivity index (χ0n) is 17.4. The molecule has 1 aromatic heterocycles. The molecule has 0 amide bonds. The van der Waals surface area contributed by atoms with E-state index in [4.69, 9.17) is 27.1 Å². The number of nitrogens with zero attached hydrogens (tertiary/aromatic N) is 2. The van der Waals surface area contributed by atoms with Gasteiger partial charge in [0, 0.05) is 28.9 Å². The summed E-state index contributed by atoms with van der Waals surface area (Å²) in [5, 5.41) is 0.725. The predicted molar refractivity (Wildman–Crippen MR) is 131 cm³/mol.